The van der Waals surface area contributed by atoms with E-state index in [1.807, 2.05) is 0 Å². The molecule has 1 heterocycles. The maximum Gasteiger partial charge on any atom is 0.328 e. The molecule has 2 aliphatic rings. The van der Waals surface area contributed by atoms with E-state index in [0.29, 0.717) is 29.9 Å². The van der Waals surface area contributed by atoms with Crippen molar-refractivity contribution in [2.75, 3.05) is 26.5 Å². The van der Waals surface area contributed by atoms with Crippen molar-refractivity contribution >= 4 is 23.6 Å². The Labute approximate surface area is 149 Å². The van der Waals surface area contributed by atoms with Crippen LogP contribution in [0.5, 0.6) is 0 Å². The molecular weight excluding hydrogens is 326 g/mol. The molecule has 2 rings (SSSR count). The third-order valence-corrected chi connectivity index (χ3v) is 6.21. The number of nitrogens with zero attached hydrogens (tertiary/aromatic N) is 1. The quantitative estimate of drug-likeness (QED) is 0.541. The van der Waals surface area contributed by atoms with E-state index in [1.165, 1.54) is 5.57 Å². The first-order valence-electron chi connectivity index (χ1n) is 8.64. The van der Waals surface area contributed by atoms with Crippen molar-refractivity contribution in [2.24, 2.45) is 5.92 Å². The standard InChI is InChI=1S/C18H29NO4S/c1-12(2)9-13-5-6-16(15(10-13)22-4)24-11-17(20)19(3)14-7-8-23-18(14)21/h9,13-16H,5-8,10-11H2,1-4H3/t13?,14?,15-,16+/m1/s1. The van der Waals surface area contributed by atoms with Crippen molar-refractivity contribution in [3.63, 3.8) is 0 Å². The van der Waals surface area contributed by atoms with Crippen molar-refractivity contribution in [3.8, 4) is 0 Å². The summed E-state index contributed by atoms with van der Waals surface area (Å²) in [6.45, 7) is 4.67. The lowest BCUT2D eigenvalue weighted by Crippen LogP contribution is -2.41. The molecule has 1 saturated carbocycles. The molecular formula is C18H29NO4S. The van der Waals surface area contributed by atoms with Crippen LogP contribution in [-0.2, 0) is 19.1 Å². The Morgan fingerprint density at radius 2 is 2.12 bits per heavy atom. The van der Waals surface area contributed by atoms with Gasteiger partial charge in [-0.1, -0.05) is 11.6 Å². The van der Waals surface area contributed by atoms with Crippen molar-refractivity contribution in [1.29, 1.82) is 0 Å². The van der Waals surface area contributed by atoms with E-state index in [0.717, 1.165) is 19.3 Å². The van der Waals surface area contributed by atoms with Gasteiger partial charge in [0.05, 0.1) is 18.5 Å². The topological polar surface area (TPSA) is 55.8 Å². The molecule has 6 heteroatoms. The molecule has 1 amide bonds. The maximum absolute atomic E-state index is 12.4. The fraction of sp³-hybridized carbons (Fsp3) is 0.778. The predicted octanol–water partition coefficient (Wildman–Crippen LogP) is 2.64. The van der Waals surface area contributed by atoms with Crippen LogP contribution < -0.4 is 0 Å². The van der Waals surface area contributed by atoms with Gasteiger partial charge in [0.15, 0.2) is 0 Å². The SMILES string of the molecule is CO[C@@H]1CC(C=C(C)C)CC[C@@H]1SCC(=O)N(C)C1CCOC1=O. The molecule has 0 radical (unpaired) electrons. The second kappa shape index (κ2) is 8.90. The minimum Gasteiger partial charge on any atom is -0.464 e. The van der Waals surface area contributed by atoms with Gasteiger partial charge in [-0.05, 0) is 39.0 Å². The number of carbonyl (C=O) groups is 2. The first-order chi connectivity index (χ1) is 11.4. The highest BCUT2D eigenvalue weighted by molar-refractivity contribution is 8.00. The molecule has 1 saturated heterocycles. The molecule has 4 atom stereocenters. The molecule has 2 fully saturated rings. The molecule has 1 aliphatic heterocycles. The summed E-state index contributed by atoms with van der Waals surface area (Å²) in [6, 6.07) is -0.412. The number of amides is 1. The molecule has 136 valence electrons. The molecule has 0 aromatic rings. The highest BCUT2D eigenvalue weighted by Crippen LogP contribution is 2.35. The molecule has 0 aromatic heterocycles. The summed E-state index contributed by atoms with van der Waals surface area (Å²) >= 11 is 1.66. The predicted molar refractivity (Wildman–Crippen MR) is 95.9 cm³/mol. The van der Waals surface area contributed by atoms with Gasteiger partial charge in [0.2, 0.25) is 5.91 Å². The van der Waals surface area contributed by atoms with E-state index in [9.17, 15) is 9.59 Å². The first-order valence-corrected chi connectivity index (χ1v) is 9.69. The summed E-state index contributed by atoms with van der Waals surface area (Å²) in [5, 5.41) is 0.338. The lowest BCUT2D eigenvalue weighted by Gasteiger charge is -2.34. The second-order valence-electron chi connectivity index (χ2n) is 6.92. The molecule has 0 N–H and O–H groups in total. The van der Waals surface area contributed by atoms with Crippen LogP contribution in [0, 0.1) is 5.92 Å². The van der Waals surface area contributed by atoms with Crippen molar-refractivity contribution < 1.29 is 19.1 Å². The van der Waals surface area contributed by atoms with Gasteiger partial charge in [0.25, 0.3) is 0 Å². The summed E-state index contributed by atoms with van der Waals surface area (Å²) in [5.74, 6) is 0.666. The minimum atomic E-state index is -0.412. The summed E-state index contributed by atoms with van der Waals surface area (Å²) < 4.78 is 10.6. The Bertz CT molecular complexity index is 489. The Morgan fingerprint density at radius 3 is 2.71 bits per heavy atom. The summed E-state index contributed by atoms with van der Waals surface area (Å²) in [6.07, 6.45) is 6.32. The van der Waals surface area contributed by atoms with Gasteiger partial charge in [-0.2, -0.15) is 0 Å². The number of cyclic esters (lactones) is 1. The summed E-state index contributed by atoms with van der Waals surface area (Å²) in [5.41, 5.74) is 1.35. The third-order valence-electron chi connectivity index (χ3n) is 4.83. The lowest BCUT2D eigenvalue weighted by atomic mass is 9.86. The molecule has 0 spiro atoms. The van der Waals surface area contributed by atoms with Crippen LogP contribution in [0.3, 0.4) is 0 Å². The van der Waals surface area contributed by atoms with Gasteiger partial charge >= 0.3 is 5.97 Å². The van der Waals surface area contributed by atoms with Gasteiger partial charge in [0, 0.05) is 25.8 Å². The lowest BCUT2D eigenvalue weighted by molar-refractivity contribution is -0.146. The number of ether oxygens (including phenoxy) is 2. The highest BCUT2D eigenvalue weighted by Gasteiger charge is 2.34. The van der Waals surface area contributed by atoms with E-state index in [-0.39, 0.29) is 18.0 Å². The number of hydrogen-bond donors (Lipinski definition) is 0. The molecule has 5 nitrogen and oxygen atoms in total. The number of allylic oxidation sites excluding steroid dienone is 2. The maximum atomic E-state index is 12.4. The van der Waals surface area contributed by atoms with Crippen LogP contribution >= 0.6 is 11.8 Å². The minimum absolute atomic E-state index is 0.00914. The van der Waals surface area contributed by atoms with E-state index < -0.39 is 6.04 Å². The third kappa shape index (κ3) is 4.99. The van der Waals surface area contributed by atoms with E-state index >= 15 is 0 Å². The zero-order valence-electron chi connectivity index (χ0n) is 15.1. The number of esters is 1. The van der Waals surface area contributed by atoms with Crippen LogP contribution in [0.1, 0.15) is 39.5 Å². The number of carbonyl (C=O) groups excluding carboxylic acids is 2. The highest BCUT2D eigenvalue weighted by atomic mass is 32.2. The first kappa shape index (κ1) is 19.3. The van der Waals surface area contributed by atoms with Crippen molar-refractivity contribution in [2.45, 2.75) is 56.9 Å². The largest absolute Gasteiger partial charge is 0.464 e. The van der Waals surface area contributed by atoms with Crippen LogP contribution in [0.4, 0.5) is 0 Å². The Hall–Kier alpha value is -1.01. The molecule has 1 aliphatic carbocycles. The fourth-order valence-electron chi connectivity index (χ4n) is 3.48. The Balaban J connectivity index is 1.83. The molecule has 24 heavy (non-hydrogen) atoms. The number of likely N-dealkylation sites (N-methyl/N-ethyl adjacent to an activating group) is 1. The van der Waals surface area contributed by atoms with E-state index in [4.69, 9.17) is 9.47 Å². The van der Waals surface area contributed by atoms with Gasteiger partial charge in [0.1, 0.15) is 6.04 Å². The average Bonchev–Trinajstić information content (AvgIpc) is 2.97. The fourth-order valence-corrected chi connectivity index (χ4v) is 4.78. The van der Waals surface area contributed by atoms with Crippen LogP contribution in [0.2, 0.25) is 0 Å². The normalized spacial score (nSPS) is 29.9. The zero-order chi connectivity index (χ0) is 17.7. The summed E-state index contributed by atoms with van der Waals surface area (Å²) in [7, 11) is 3.45. The number of hydrogen-bond acceptors (Lipinski definition) is 5. The monoisotopic (exact) mass is 355 g/mol. The molecule has 0 bridgehead atoms. The van der Waals surface area contributed by atoms with Crippen LogP contribution in [-0.4, -0.2) is 60.7 Å². The van der Waals surface area contributed by atoms with Gasteiger partial charge in [-0.25, -0.2) is 4.79 Å². The van der Waals surface area contributed by atoms with Crippen LogP contribution in [0.15, 0.2) is 11.6 Å². The average molecular weight is 356 g/mol. The molecule has 2 unspecified atom stereocenters. The van der Waals surface area contributed by atoms with Crippen molar-refractivity contribution in [3.05, 3.63) is 11.6 Å². The smallest absolute Gasteiger partial charge is 0.328 e. The second-order valence-corrected chi connectivity index (χ2v) is 8.14. The van der Waals surface area contributed by atoms with E-state index in [2.05, 4.69) is 19.9 Å². The zero-order valence-corrected chi connectivity index (χ0v) is 15.9. The van der Waals surface area contributed by atoms with Crippen molar-refractivity contribution in [1.82, 2.24) is 4.90 Å². The van der Waals surface area contributed by atoms with Crippen LogP contribution in [0.25, 0.3) is 0 Å². The molecule has 0 aromatic carbocycles. The van der Waals surface area contributed by atoms with Gasteiger partial charge in [-0.15, -0.1) is 11.8 Å². The van der Waals surface area contributed by atoms with Gasteiger partial charge in [-0.3, -0.25) is 4.79 Å². The Morgan fingerprint density at radius 1 is 1.38 bits per heavy atom. The van der Waals surface area contributed by atoms with E-state index in [1.54, 1.807) is 30.8 Å². The number of rotatable bonds is 6. The Kier molecular flexibility index (Phi) is 7.16. The summed E-state index contributed by atoms with van der Waals surface area (Å²) in [4.78, 5) is 25.5. The van der Waals surface area contributed by atoms with Gasteiger partial charge < -0.3 is 14.4 Å². The number of methoxy groups -OCH3 is 1. The number of thioether (sulfide) groups is 1.